The van der Waals surface area contributed by atoms with E-state index < -0.39 is 0 Å². The van der Waals surface area contributed by atoms with Crippen LogP contribution in [0.5, 0.6) is 0 Å². The molecule has 20 heavy (non-hydrogen) atoms. The van der Waals surface area contributed by atoms with Gasteiger partial charge in [0, 0.05) is 12.1 Å². The van der Waals surface area contributed by atoms with E-state index in [0.29, 0.717) is 23.1 Å². The summed E-state index contributed by atoms with van der Waals surface area (Å²) in [6.07, 6.45) is 3.57. The van der Waals surface area contributed by atoms with Crippen LogP contribution in [0, 0.1) is 16.7 Å². The Bertz CT molecular complexity index is 509. The summed E-state index contributed by atoms with van der Waals surface area (Å²) in [4.78, 5) is 14.5. The monoisotopic (exact) mass is 270 g/mol. The van der Waals surface area contributed by atoms with Crippen LogP contribution in [0.3, 0.4) is 0 Å². The Kier molecular flexibility index (Phi) is 4.57. The second-order valence-corrected chi connectivity index (χ2v) is 5.78. The maximum Gasteiger partial charge on any atom is 0.176 e. The molecule has 1 fully saturated rings. The van der Waals surface area contributed by atoms with E-state index in [1.54, 1.807) is 24.3 Å². The van der Waals surface area contributed by atoms with Gasteiger partial charge in [-0.1, -0.05) is 26.0 Å². The Morgan fingerprint density at radius 2 is 1.95 bits per heavy atom. The lowest BCUT2D eigenvalue weighted by atomic mass is 9.82. The average Bonchev–Trinajstić information content (AvgIpc) is 2.91. The fraction of sp³-hybridized carbons (Fsp3) is 0.529. The van der Waals surface area contributed by atoms with Crippen molar-refractivity contribution in [2.75, 3.05) is 19.6 Å². The van der Waals surface area contributed by atoms with Crippen LogP contribution in [0.15, 0.2) is 24.3 Å². The predicted octanol–water partition coefficient (Wildman–Crippen LogP) is 3.25. The Morgan fingerprint density at radius 3 is 2.45 bits per heavy atom. The zero-order valence-electron chi connectivity index (χ0n) is 12.4. The van der Waals surface area contributed by atoms with Gasteiger partial charge in [0.05, 0.1) is 18.2 Å². The van der Waals surface area contributed by atoms with Gasteiger partial charge in [0.1, 0.15) is 0 Å². The summed E-state index contributed by atoms with van der Waals surface area (Å²) >= 11 is 0. The lowest BCUT2D eigenvalue weighted by molar-refractivity contribution is 0.0936. The van der Waals surface area contributed by atoms with Crippen LogP contribution in [0.4, 0.5) is 0 Å². The van der Waals surface area contributed by atoms with Crippen LogP contribution in [0.25, 0.3) is 0 Å². The SMILES string of the molecule is CCC1(CC)CCN(CC(=O)c2ccc(C#N)cc2)C1. The topological polar surface area (TPSA) is 44.1 Å². The molecular weight excluding hydrogens is 248 g/mol. The van der Waals surface area contributed by atoms with Gasteiger partial charge in [-0.2, -0.15) is 5.26 Å². The number of carbonyl (C=O) groups excluding carboxylic acids is 1. The molecule has 1 aliphatic heterocycles. The molecule has 1 aromatic rings. The third-order valence-electron chi connectivity index (χ3n) is 4.72. The highest BCUT2D eigenvalue weighted by molar-refractivity contribution is 5.97. The molecular formula is C17H22N2O. The first-order valence-electron chi connectivity index (χ1n) is 7.38. The minimum absolute atomic E-state index is 0.150. The Balaban J connectivity index is 1.97. The molecule has 106 valence electrons. The van der Waals surface area contributed by atoms with Crippen LogP contribution >= 0.6 is 0 Å². The highest BCUT2D eigenvalue weighted by atomic mass is 16.1. The second-order valence-electron chi connectivity index (χ2n) is 5.78. The normalized spacial score (nSPS) is 17.9. The van der Waals surface area contributed by atoms with Crippen molar-refractivity contribution in [2.45, 2.75) is 33.1 Å². The molecule has 2 rings (SSSR count). The van der Waals surface area contributed by atoms with E-state index in [2.05, 4.69) is 24.8 Å². The summed E-state index contributed by atoms with van der Waals surface area (Å²) < 4.78 is 0. The molecule has 3 heteroatoms. The van der Waals surface area contributed by atoms with Crippen molar-refractivity contribution in [3.63, 3.8) is 0 Å². The summed E-state index contributed by atoms with van der Waals surface area (Å²) in [5, 5.41) is 8.77. The number of nitrogens with zero attached hydrogens (tertiary/aromatic N) is 2. The van der Waals surface area contributed by atoms with Crippen LogP contribution < -0.4 is 0 Å². The number of nitriles is 1. The lowest BCUT2D eigenvalue weighted by Gasteiger charge is -2.26. The van der Waals surface area contributed by atoms with Gasteiger partial charge in [-0.05, 0) is 43.4 Å². The molecule has 0 N–H and O–H groups in total. The summed E-state index contributed by atoms with van der Waals surface area (Å²) in [6.45, 7) is 7.03. The van der Waals surface area contributed by atoms with Crippen molar-refractivity contribution in [3.05, 3.63) is 35.4 Å². The maximum absolute atomic E-state index is 12.3. The van der Waals surface area contributed by atoms with Crippen molar-refractivity contribution in [1.82, 2.24) is 4.90 Å². The molecule has 1 aromatic carbocycles. The number of ketones is 1. The van der Waals surface area contributed by atoms with E-state index in [4.69, 9.17) is 5.26 Å². The third-order valence-corrected chi connectivity index (χ3v) is 4.72. The average molecular weight is 270 g/mol. The molecule has 0 amide bonds. The molecule has 0 saturated carbocycles. The number of hydrogen-bond donors (Lipinski definition) is 0. The minimum Gasteiger partial charge on any atom is -0.295 e. The van der Waals surface area contributed by atoms with Crippen molar-refractivity contribution in [1.29, 1.82) is 5.26 Å². The number of carbonyl (C=O) groups is 1. The first-order chi connectivity index (χ1) is 9.62. The van der Waals surface area contributed by atoms with Gasteiger partial charge in [-0.15, -0.1) is 0 Å². The van der Waals surface area contributed by atoms with Gasteiger partial charge in [0.15, 0.2) is 5.78 Å². The Hall–Kier alpha value is -1.66. The van der Waals surface area contributed by atoms with Gasteiger partial charge in [0.25, 0.3) is 0 Å². The fourth-order valence-corrected chi connectivity index (χ4v) is 3.01. The van der Waals surface area contributed by atoms with E-state index in [0.717, 1.165) is 13.1 Å². The van der Waals surface area contributed by atoms with Crippen molar-refractivity contribution in [3.8, 4) is 6.07 Å². The summed E-state index contributed by atoms with van der Waals surface area (Å²) in [7, 11) is 0. The summed E-state index contributed by atoms with van der Waals surface area (Å²) in [6, 6.07) is 8.99. The first kappa shape index (κ1) is 14.7. The summed E-state index contributed by atoms with van der Waals surface area (Å²) in [5.41, 5.74) is 1.71. The van der Waals surface area contributed by atoms with Crippen LogP contribution in [-0.2, 0) is 0 Å². The maximum atomic E-state index is 12.3. The molecule has 0 aromatic heterocycles. The number of benzene rings is 1. The van der Waals surface area contributed by atoms with Crippen molar-refractivity contribution >= 4 is 5.78 Å². The number of rotatable bonds is 5. The molecule has 0 aliphatic carbocycles. The molecule has 1 aliphatic rings. The quantitative estimate of drug-likeness (QED) is 0.771. The second kappa shape index (κ2) is 6.19. The molecule has 3 nitrogen and oxygen atoms in total. The molecule has 0 bridgehead atoms. The van der Waals surface area contributed by atoms with Crippen LogP contribution in [0.1, 0.15) is 49.0 Å². The fourth-order valence-electron chi connectivity index (χ4n) is 3.01. The van der Waals surface area contributed by atoms with E-state index >= 15 is 0 Å². The standard InChI is InChI=1S/C17H22N2O/c1-3-17(4-2)9-10-19(13-17)12-16(20)15-7-5-14(11-18)6-8-15/h5-8H,3-4,9-10,12-13H2,1-2H3. The third kappa shape index (κ3) is 3.08. The summed E-state index contributed by atoms with van der Waals surface area (Å²) in [5.74, 6) is 0.150. The van der Waals surface area contributed by atoms with E-state index in [-0.39, 0.29) is 5.78 Å². The Morgan fingerprint density at radius 1 is 1.30 bits per heavy atom. The van der Waals surface area contributed by atoms with Crippen LogP contribution in [-0.4, -0.2) is 30.3 Å². The molecule has 0 spiro atoms. The van der Waals surface area contributed by atoms with E-state index in [1.165, 1.54) is 19.3 Å². The number of likely N-dealkylation sites (tertiary alicyclic amines) is 1. The molecule has 0 unspecified atom stereocenters. The highest BCUT2D eigenvalue weighted by Crippen LogP contribution is 2.36. The predicted molar refractivity (Wildman–Crippen MR) is 79.6 cm³/mol. The van der Waals surface area contributed by atoms with E-state index in [1.807, 2.05) is 0 Å². The lowest BCUT2D eigenvalue weighted by Crippen LogP contribution is -2.30. The zero-order chi connectivity index (χ0) is 14.6. The van der Waals surface area contributed by atoms with Crippen molar-refractivity contribution < 1.29 is 4.79 Å². The van der Waals surface area contributed by atoms with Gasteiger partial charge in [-0.3, -0.25) is 9.69 Å². The highest BCUT2D eigenvalue weighted by Gasteiger charge is 2.35. The number of Topliss-reactive ketones (excluding diaryl/α,β-unsaturated/α-hetero) is 1. The first-order valence-corrected chi connectivity index (χ1v) is 7.38. The van der Waals surface area contributed by atoms with Crippen LogP contribution in [0.2, 0.25) is 0 Å². The van der Waals surface area contributed by atoms with Gasteiger partial charge < -0.3 is 0 Å². The van der Waals surface area contributed by atoms with Gasteiger partial charge in [0.2, 0.25) is 0 Å². The number of hydrogen-bond acceptors (Lipinski definition) is 3. The molecule has 1 saturated heterocycles. The van der Waals surface area contributed by atoms with Crippen molar-refractivity contribution in [2.24, 2.45) is 5.41 Å². The van der Waals surface area contributed by atoms with Gasteiger partial charge >= 0.3 is 0 Å². The largest absolute Gasteiger partial charge is 0.295 e. The zero-order valence-corrected chi connectivity index (χ0v) is 12.4. The van der Waals surface area contributed by atoms with Gasteiger partial charge in [-0.25, -0.2) is 0 Å². The molecule has 1 heterocycles. The molecule has 0 atom stereocenters. The molecule has 0 radical (unpaired) electrons. The van der Waals surface area contributed by atoms with E-state index in [9.17, 15) is 4.79 Å². The Labute approximate surface area is 121 Å². The smallest absolute Gasteiger partial charge is 0.176 e. The minimum atomic E-state index is 0.150.